The normalized spacial score (nSPS) is 12.1. The van der Waals surface area contributed by atoms with E-state index in [9.17, 15) is 45.5 Å². The number of anilines is 2. The van der Waals surface area contributed by atoms with Gasteiger partial charge in [-0.25, -0.2) is 26.3 Å². The Morgan fingerprint density at radius 2 is 0.850 bits per heavy atom. The van der Waals surface area contributed by atoms with Gasteiger partial charge in [-0.3, -0.25) is 19.2 Å². The van der Waals surface area contributed by atoms with Crippen LogP contribution in [0.1, 0.15) is 52.6 Å². The van der Waals surface area contributed by atoms with Crippen LogP contribution in [-0.2, 0) is 0 Å². The van der Waals surface area contributed by atoms with Gasteiger partial charge in [-0.05, 0) is 36.4 Å². The van der Waals surface area contributed by atoms with Crippen molar-refractivity contribution in [3.63, 3.8) is 0 Å². The van der Waals surface area contributed by atoms with Crippen LogP contribution in [0, 0.1) is 34.9 Å². The van der Waals surface area contributed by atoms with E-state index in [2.05, 4.69) is 10.6 Å². The molecule has 0 bridgehead atoms. The third kappa shape index (κ3) is 4.19. The number of hydrogen-bond acceptors (Lipinski definition) is 4. The van der Waals surface area contributed by atoms with Crippen molar-refractivity contribution in [3.8, 4) is 0 Å². The number of ketones is 2. The molecule has 12 heteroatoms. The van der Waals surface area contributed by atoms with Crippen molar-refractivity contribution < 1.29 is 45.5 Å². The van der Waals surface area contributed by atoms with E-state index in [1.54, 1.807) is 0 Å². The fraction of sp³-hybridized carbons (Fsp3) is 0. The highest BCUT2D eigenvalue weighted by molar-refractivity contribution is 6.33. The number of hydrogen-bond donors (Lipinski definition) is 2. The lowest BCUT2D eigenvalue weighted by molar-refractivity contribution is 0.0977. The molecule has 0 aromatic heterocycles. The molecule has 0 fully saturated rings. The Hall–Kier alpha value is -5.26. The molecule has 2 N–H and O–H groups in total. The summed E-state index contributed by atoms with van der Waals surface area (Å²) < 4.78 is 84.2. The van der Waals surface area contributed by atoms with E-state index in [4.69, 9.17) is 0 Å². The second-order valence-electron chi connectivity index (χ2n) is 8.46. The van der Waals surface area contributed by atoms with Gasteiger partial charge in [-0.1, -0.05) is 24.3 Å². The molecule has 0 atom stereocenters. The molecule has 1 aliphatic rings. The van der Waals surface area contributed by atoms with Gasteiger partial charge in [-0.15, -0.1) is 0 Å². The maximum absolute atomic E-state index is 14.2. The number of fused-ring (bicyclic) bond motifs is 2. The van der Waals surface area contributed by atoms with Crippen molar-refractivity contribution in [2.24, 2.45) is 0 Å². The molecule has 0 saturated carbocycles. The Bertz CT molecular complexity index is 1680. The van der Waals surface area contributed by atoms with Crippen molar-refractivity contribution in [1.82, 2.24) is 0 Å². The minimum Gasteiger partial charge on any atom is -0.321 e. The first kappa shape index (κ1) is 26.4. The van der Waals surface area contributed by atoms with Crippen LogP contribution in [-0.4, -0.2) is 23.4 Å². The molecule has 0 aliphatic heterocycles. The van der Waals surface area contributed by atoms with Crippen molar-refractivity contribution in [2.75, 3.05) is 10.6 Å². The van der Waals surface area contributed by atoms with Gasteiger partial charge in [0.25, 0.3) is 11.8 Å². The maximum atomic E-state index is 14.2. The van der Waals surface area contributed by atoms with Crippen LogP contribution in [0.4, 0.5) is 37.7 Å². The molecule has 4 aromatic carbocycles. The van der Waals surface area contributed by atoms with Gasteiger partial charge in [-0.2, -0.15) is 0 Å². The first-order chi connectivity index (χ1) is 19.0. The second-order valence-corrected chi connectivity index (χ2v) is 8.46. The van der Waals surface area contributed by atoms with E-state index in [0.29, 0.717) is 24.3 Å². The fourth-order valence-electron chi connectivity index (χ4n) is 4.27. The van der Waals surface area contributed by atoms with Gasteiger partial charge < -0.3 is 10.6 Å². The molecule has 6 nitrogen and oxygen atoms in total. The zero-order valence-electron chi connectivity index (χ0n) is 19.7. The molecule has 0 radical (unpaired) electrons. The van der Waals surface area contributed by atoms with Crippen molar-refractivity contribution in [3.05, 3.63) is 129 Å². The highest BCUT2D eigenvalue weighted by Crippen LogP contribution is 2.37. The SMILES string of the molecule is O=C(Nc1ccc(NC(=O)c2c(F)ccc(F)c2F)c2c1C(=O)c1ccccc1C2=O)c1c(F)ccc(F)c1F. The molecular weight excluding hydrogens is 542 g/mol. The van der Waals surface area contributed by atoms with Crippen molar-refractivity contribution >= 4 is 34.8 Å². The van der Waals surface area contributed by atoms with Gasteiger partial charge in [0.2, 0.25) is 0 Å². The number of carbonyl (C=O) groups is 4. The Morgan fingerprint density at radius 1 is 0.500 bits per heavy atom. The van der Waals surface area contributed by atoms with E-state index in [1.165, 1.54) is 24.3 Å². The van der Waals surface area contributed by atoms with Gasteiger partial charge in [0, 0.05) is 11.1 Å². The van der Waals surface area contributed by atoms with E-state index >= 15 is 0 Å². The van der Waals surface area contributed by atoms with E-state index in [1.807, 2.05) is 0 Å². The van der Waals surface area contributed by atoms with Gasteiger partial charge in [0.15, 0.2) is 34.8 Å². The minimum absolute atomic E-state index is 0.121. The predicted molar refractivity (Wildman–Crippen MR) is 128 cm³/mol. The summed E-state index contributed by atoms with van der Waals surface area (Å²) in [5.74, 6) is -14.2. The third-order valence-corrected chi connectivity index (χ3v) is 6.11. The summed E-state index contributed by atoms with van der Waals surface area (Å²) in [4.78, 5) is 52.4. The van der Waals surface area contributed by atoms with E-state index in [-0.39, 0.29) is 11.1 Å². The quantitative estimate of drug-likeness (QED) is 0.217. The Labute approximate surface area is 220 Å². The highest BCUT2D eigenvalue weighted by atomic mass is 19.2. The zero-order valence-corrected chi connectivity index (χ0v) is 19.7. The number of halogens is 6. The van der Waals surface area contributed by atoms with Crippen LogP contribution in [0.2, 0.25) is 0 Å². The van der Waals surface area contributed by atoms with Crippen LogP contribution in [0.15, 0.2) is 60.7 Å². The van der Waals surface area contributed by atoms with E-state index in [0.717, 1.165) is 12.1 Å². The predicted octanol–water partition coefficient (Wildman–Crippen LogP) is 5.80. The lowest BCUT2D eigenvalue weighted by Crippen LogP contribution is -2.27. The molecule has 5 rings (SSSR count). The summed E-state index contributed by atoms with van der Waals surface area (Å²) in [5.41, 5.74) is -4.82. The Kier molecular flexibility index (Phi) is 6.46. The topological polar surface area (TPSA) is 92.3 Å². The number of amides is 2. The number of nitrogens with one attached hydrogen (secondary N) is 2. The monoisotopic (exact) mass is 554 g/mol. The van der Waals surface area contributed by atoms with Gasteiger partial charge in [0.1, 0.15) is 22.8 Å². The Morgan fingerprint density at radius 3 is 1.23 bits per heavy atom. The number of rotatable bonds is 4. The first-order valence-corrected chi connectivity index (χ1v) is 11.3. The van der Waals surface area contributed by atoms with E-state index < -0.39 is 91.9 Å². The lowest BCUT2D eigenvalue weighted by Gasteiger charge is -2.23. The molecule has 1 aliphatic carbocycles. The fourth-order valence-corrected chi connectivity index (χ4v) is 4.27. The smallest absolute Gasteiger partial charge is 0.261 e. The standard InChI is InChI=1S/C28H12F6N2O4/c29-13-5-7-15(31)23(33)19(13)27(39)35-17-9-10-18(36-28(40)20-14(30)6-8-16(32)24(20)34)22-21(17)25(37)11-3-1-2-4-12(11)26(22)38/h1-10H,(H,35,39)(H,36,40). The summed E-state index contributed by atoms with van der Waals surface area (Å²) in [6, 6.07) is 9.34. The zero-order chi connectivity index (χ0) is 28.9. The molecular formula is C28H12F6N2O4. The van der Waals surface area contributed by atoms with Crippen LogP contribution < -0.4 is 10.6 Å². The molecule has 200 valence electrons. The number of carbonyl (C=O) groups excluding carboxylic acids is 4. The first-order valence-electron chi connectivity index (χ1n) is 11.3. The lowest BCUT2D eigenvalue weighted by atomic mass is 9.82. The van der Waals surface area contributed by atoms with Crippen LogP contribution in [0.3, 0.4) is 0 Å². The highest BCUT2D eigenvalue weighted by Gasteiger charge is 2.35. The van der Waals surface area contributed by atoms with Crippen LogP contribution in [0.5, 0.6) is 0 Å². The molecule has 0 spiro atoms. The summed E-state index contributed by atoms with van der Waals surface area (Å²) >= 11 is 0. The molecule has 40 heavy (non-hydrogen) atoms. The molecule has 0 unspecified atom stereocenters. The largest absolute Gasteiger partial charge is 0.321 e. The summed E-state index contributed by atoms with van der Waals surface area (Å²) in [6.45, 7) is 0. The average Bonchev–Trinajstić information content (AvgIpc) is 2.92. The second kappa shape index (κ2) is 9.80. The third-order valence-electron chi connectivity index (χ3n) is 6.11. The van der Waals surface area contributed by atoms with Crippen molar-refractivity contribution in [1.29, 1.82) is 0 Å². The molecule has 2 amide bonds. The van der Waals surface area contributed by atoms with Crippen LogP contribution >= 0.6 is 0 Å². The summed E-state index contributed by atoms with van der Waals surface area (Å²) in [6.07, 6.45) is 0. The molecule has 0 saturated heterocycles. The maximum Gasteiger partial charge on any atom is 0.261 e. The summed E-state index contributed by atoms with van der Waals surface area (Å²) in [7, 11) is 0. The van der Waals surface area contributed by atoms with Crippen LogP contribution in [0.25, 0.3) is 0 Å². The van der Waals surface area contributed by atoms with Gasteiger partial charge in [0.05, 0.1) is 22.5 Å². The van der Waals surface area contributed by atoms with Crippen molar-refractivity contribution in [2.45, 2.75) is 0 Å². The molecule has 0 heterocycles. The summed E-state index contributed by atoms with van der Waals surface area (Å²) in [5, 5.41) is 4.15. The Balaban J connectivity index is 1.64. The van der Waals surface area contributed by atoms with Gasteiger partial charge >= 0.3 is 0 Å². The minimum atomic E-state index is -1.80. The number of benzene rings is 4. The average molecular weight is 554 g/mol. The molecule has 4 aromatic rings.